The third-order valence-corrected chi connectivity index (χ3v) is 4.11. The average molecular weight is 378 g/mol. The molecule has 3 rings (SSSR count). The fourth-order valence-electron chi connectivity index (χ4n) is 2.56. The van der Waals surface area contributed by atoms with Crippen molar-refractivity contribution >= 4 is 34.8 Å². The number of nitrogens with one attached hydrogen (secondary N) is 1. The highest BCUT2D eigenvalue weighted by Gasteiger charge is 2.19. The molecule has 1 unspecified atom stereocenters. The summed E-state index contributed by atoms with van der Waals surface area (Å²) in [5.74, 6) is -0.137. The molecular weight excluding hydrogens is 361 g/mol. The molecule has 25 heavy (non-hydrogen) atoms. The number of anilines is 1. The smallest absolute Gasteiger partial charge is 0.249 e. The highest BCUT2D eigenvalue weighted by Crippen LogP contribution is 2.18. The first-order valence-electron chi connectivity index (χ1n) is 7.82. The summed E-state index contributed by atoms with van der Waals surface area (Å²) in [6.45, 7) is 2.50. The molecule has 130 valence electrons. The number of rotatable bonds is 6. The summed E-state index contributed by atoms with van der Waals surface area (Å²) < 4.78 is 3.32. The van der Waals surface area contributed by atoms with Crippen molar-refractivity contribution in [3.63, 3.8) is 0 Å². The van der Waals surface area contributed by atoms with Crippen molar-refractivity contribution in [3.8, 4) is 0 Å². The lowest BCUT2D eigenvalue weighted by molar-refractivity contribution is -0.119. The number of carbonyl (C=O) groups is 1. The summed E-state index contributed by atoms with van der Waals surface area (Å²) in [6, 6.07) is 7.20. The van der Waals surface area contributed by atoms with Crippen LogP contribution in [0.25, 0.3) is 0 Å². The minimum atomic E-state index is -0.416. The first kappa shape index (κ1) is 17.5. The van der Waals surface area contributed by atoms with E-state index in [2.05, 4.69) is 15.5 Å². The highest BCUT2D eigenvalue weighted by atomic mass is 35.5. The van der Waals surface area contributed by atoms with Crippen LogP contribution in [0, 0.1) is 0 Å². The van der Waals surface area contributed by atoms with Gasteiger partial charge in [0.2, 0.25) is 5.91 Å². The van der Waals surface area contributed by atoms with Gasteiger partial charge >= 0.3 is 0 Å². The minimum Gasteiger partial charge on any atom is -0.324 e. The van der Waals surface area contributed by atoms with Crippen molar-refractivity contribution in [2.75, 3.05) is 5.32 Å². The molecule has 0 bridgehead atoms. The largest absolute Gasteiger partial charge is 0.324 e. The van der Waals surface area contributed by atoms with Gasteiger partial charge in [-0.05, 0) is 24.1 Å². The van der Waals surface area contributed by atoms with E-state index in [9.17, 15) is 4.79 Å². The van der Waals surface area contributed by atoms with Crippen LogP contribution in [0.5, 0.6) is 0 Å². The Morgan fingerprint density at radius 1 is 1.20 bits per heavy atom. The topological polar surface area (TPSA) is 64.7 Å². The van der Waals surface area contributed by atoms with Crippen LogP contribution in [0.2, 0.25) is 10.0 Å². The van der Waals surface area contributed by atoms with Crippen LogP contribution in [-0.4, -0.2) is 25.5 Å². The lowest BCUT2D eigenvalue weighted by atomic mass is 10.1. The Morgan fingerprint density at radius 2 is 1.96 bits per heavy atom. The molecule has 0 spiro atoms. The Balaban J connectivity index is 1.71. The summed E-state index contributed by atoms with van der Waals surface area (Å²) in [4.78, 5) is 12.6. The zero-order chi connectivity index (χ0) is 17.8. The second-order valence-electron chi connectivity index (χ2n) is 5.61. The van der Waals surface area contributed by atoms with Crippen molar-refractivity contribution in [2.45, 2.75) is 25.9 Å². The molecule has 1 amide bonds. The maximum Gasteiger partial charge on any atom is 0.249 e. The molecule has 2 heterocycles. The molecule has 0 aliphatic rings. The summed E-state index contributed by atoms with van der Waals surface area (Å²) in [5, 5.41) is 12.3. The molecule has 2 aromatic heterocycles. The number of carbonyl (C=O) groups excluding carboxylic acids is 1. The summed E-state index contributed by atoms with van der Waals surface area (Å²) >= 11 is 11.8. The molecule has 0 saturated carbocycles. The zero-order valence-corrected chi connectivity index (χ0v) is 15.1. The molecule has 3 aromatic rings. The van der Waals surface area contributed by atoms with E-state index in [4.69, 9.17) is 23.2 Å². The molecule has 0 saturated heterocycles. The van der Waals surface area contributed by atoms with Gasteiger partial charge in [-0.25, -0.2) is 0 Å². The van der Waals surface area contributed by atoms with Gasteiger partial charge in [0.1, 0.15) is 6.04 Å². The van der Waals surface area contributed by atoms with Gasteiger partial charge in [-0.1, -0.05) is 42.3 Å². The van der Waals surface area contributed by atoms with Crippen molar-refractivity contribution in [1.29, 1.82) is 0 Å². The summed E-state index contributed by atoms with van der Waals surface area (Å²) in [7, 11) is 0. The van der Waals surface area contributed by atoms with Gasteiger partial charge in [-0.3, -0.25) is 14.2 Å². The first-order chi connectivity index (χ1) is 12.0. The van der Waals surface area contributed by atoms with Gasteiger partial charge in [0, 0.05) is 18.1 Å². The van der Waals surface area contributed by atoms with Gasteiger partial charge in [0.15, 0.2) is 0 Å². The van der Waals surface area contributed by atoms with Crippen molar-refractivity contribution < 1.29 is 4.79 Å². The summed E-state index contributed by atoms with van der Waals surface area (Å²) in [6.07, 6.45) is 7.12. The van der Waals surface area contributed by atoms with Crippen LogP contribution in [-0.2, 0) is 11.3 Å². The van der Waals surface area contributed by atoms with Crippen LogP contribution in [0.15, 0.2) is 49.1 Å². The number of hydrogen-bond donors (Lipinski definition) is 1. The molecule has 8 heteroatoms. The van der Waals surface area contributed by atoms with Crippen molar-refractivity contribution in [3.05, 3.63) is 64.7 Å². The number of amides is 1. The zero-order valence-electron chi connectivity index (χ0n) is 13.6. The van der Waals surface area contributed by atoms with E-state index in [0.29, 0.717) is 23.0 Å². The van der Waals surface area contributed by atoms with Crippen molar-refractivity contribution in [1.82, 2.24) is 19.6 Å². The Morgan fingerprint density at radius 3 is 2.60 bits per heavy atom. The lowest BCUT2D eigenvalue weighted by Crippen LogP contribution is -2.26. The fourth-order valence-corrected chi connectivity index (χ4v) is 2.86. The van der Waals surface area contributed by atoms with Gasteiger partial charge in [-0.15, -0.1) is 0 Å². The van der Waals surface area contributed by atoms with Crippen LogP contribution in [0.3, 0.4) is 0 Å². The highest BCUT2D eigenvalue weighted by molar-refractivity contribution is 6.30. The minimum absolute atomic E-state index is 0.137. The fraction of sp³-hybridized carbons (Fsp3) is 0.235. The van der Waals surface area contributed by atoms with Crippen LogP contribution in [0.4, 0.5) is 5.69 Å². The Kier molecular flexibility index (Phi) is 5.40. The molecular formula is C17H17Cl2N5O. The van der Waals surface area contributed by atoms with Gasteiger partial charge in [0.25, 0.3) is 0 Å². The van der Waals surface area contributed by atoms with Crippen LogP contribution < -0.4 is 5.32 Å². The predicted molar refractivity (Wildman–Crippen MR) is 98.0 cm³/mol. The number of aromatic nitrogens is 4. The second-order valence-corrected chi connectivity index (χ2v) is 6.48. The van der Waals surface area contributed by atoms with Crippen molar-refractivity contribution in [2.24, 2.45) is 0 Å². The molecule has 6 nitrogen and oxygen atoms in total. The number of nitrogens with zero attached hydrogens (tertiary/aromatic N) is 4. The predicted octanol–water partition coefficient (Wildman–Crippen LogP) is 4.02. The normalized spacial score (nSPS) is 12.1. The summed E-state index contributed by atoms with van der Waals surface area (Å²) in [5.41, 5.74) is 1.73. The Bertz CT molecular complexity index is 873. The molecule has 0 aliphatic carbocycles. The van der Waals surface area contributed by atoms with E-state index in [0.717, 1.165) is 11.3 Å². The van der Waals surface area contributed by atoms with E-state index in [-0.39, 0.29) is 5.91 Å². The van der Waals surface area contributed by atoms with E-state index in [1.54, 1.807) is 28.0 Å². The monoisotopic (exact) mass is 377 g/mol. The maximum absolute atomic E-state index is 12.6. The molecule has 1 atom stereocenters. The molecule has 0 aliphatic heterocycles. The number of benzene rings is 1. The molecule has 1 aromatic carbocycles. The third kappa shape index (κ3) is 4.41. The van der Waals surface area contributed by atoms with E-state index in [1.807, 2.05) is 31.2 Å². The quantitative estimate of drug-likeness (QED) is 0.705. The van der Waals surface area contributed by atoms with Gasteiger partial charge < -0.3 is 5.32 Å². The van der Waals surface area contributed by atoms with Gasteiger partial charge in [-0.2, -0.15) is 10.2 Å². The number of hydrogen-bond acceptors (Lipinski definition) is 3. The molecule has 1 N–H and O–H groups in total. The van der Waals surface area contributed by atoms with Gasteiger partial charge in [0.05, 0.1) is 29.0 Å². The standard InChI is InChI=1S/C17H17Cl2N5O/c1-2-16(24-11-14(19)8-21-24)17(25)22-15-5-3-4-12(6-15)9-23-10-13(18)7-20-23/h3-8,10-11,16H,2,9H2,1H3,(H,22,25). The maximum atomic E-state index is 12.6. The molecule has 0 radical (unpaired) electrons. The van der Waals surface area contributed by atoms with E-state index < -0.39 is 6.04 Å². The van der Waals surface area contributed by atoms with E-state index in [1.165, 1.54) is 6.20 Å². The first-order valence-corrected chi connectivity index (χ1v) is 8.58. The molecule has 0 fully saturated rings. The lowest BCUT2D eigenvalue weighted by Gasteiger charge is -2.16. The Hall–Kier alpha value is -2.31. The van der Waals surface area contributed by atoms with Crippen LogP contribution >= 0.6 is 23.2 Å². The van der Waals surface area contributed by atoms with Crippen LogP contribution in [0.1, 0.15) is 24.9 Å². The second kappa shape index (κ2) is 7.72. The van der Waals surface area contributed by atoms with E-state index >= 15 is 0 Å². The number of halogens is 2. The Labute approximate surface area is 155 Å². The average Bonchev–Trinajstić information content (AvgIpc) is 3.17. The third-order valence-electron chi connectivity index (χ3n) is 3.72. The SMILES string of the molecule is CCC(C(=O)Nc1cccc(Cn2cc(Cl)cn2)c1)n1cc(Cl)cn1.